The van der Waals surface area contributed by atoms with E-state index in [1.165, 1.54) is 0 Å². The van der Waals surface area contributed by atoms with Gasteiger partial charge in [0.15, 0.2) is 5.96 Å². The number of guanidine groups is 1. The van der Waals surface area contributed by atoms with Crippen LogP contribution in [0.3, 0.4) is 0 Å². The van der Waals surface area contributed by atoms with Crippen LogP contribution in [0.4, 0.5) is 0 Å². The van der Waals surface area contributed by atoms with Crippen LogP contribution in [0.1, 0.15) is 11.4 Å². The number of pyridine rings is 1. The Kier molecular flexibility index (Phi) is 7.10. The van der Waals surface area contributed by atoms with Crippen LogP contribution in [0.2, 0.25) is 0 Å². The van der Waals surface area contributed by atoms with Crippen LogP contribution in [0.25, 0.3) is 0 Å². The SMILES string of the molecule is Cc1cccc(CN=C(N(C)C)N(C)C)n1.I. The molecule has 17 heavy (non-hydrogen) atoms. The van der Waals surface area contributed by atoms with E-state index in [0.29, 0.717) is 6.54 Å². The third-order valence-corrected chi connectivity index (χ3v) is 2.13. The van der Waals surface area contributed by atoms with Gasteiger partial charge in [-0.3, -0.25) is 4.98 Å². The third-order valence-electron chi connectivity index (χ3n) is 2.13. The minimum atomic E-state index is 0. The molecule has 0 aliphatic rings. The van der Waals surface area contributed by atoms with Crippen LogP contribution in [-0.2, 0) is 6.54 Å². The Hall–Kier alpha value is -0.850. The molecule has 1 aromatic heterocycles. The molecule has 0 fully saturated rings. The van der Waals surface area contributed by atoms with Crippen LogP contribution in [-0.4, -0.2) is 48.9 Å². The first-order chi connectivity index (χ1) is 7.50. The number of rotatable bonds is 2. The number of nitrogens with zero attached hydrogens (tertiary/aromatic N) is 4. The van der Waals surface area contributed by atoms with Crippen molar-refractivity contribution < 1.29 is 0 Å². The van der Waals surface area contributed by atoms with Crippen LogP contribution in [0.5, 0.6) is 0 Å². The smallest absolute Gasteiger partial charge is 0.195 e. The zero-order chi connectivity index (χ0) is 12.1. The Labute approximate surface area is 121 Å². The molecule has 5 heteroatoms. The lowest BCUT2D eigenvalue weighted by atomic mass is 10.3. The molecule has 0 radical (unpaired) electrons. The predicted molar refractivity (Wildman–Crippen MR) is 82.9 cm³/mol. The number of hydrogen-bond acceptors (Lipinski definition) is 2. The standard InChI is InChI=1S/C12H20N4.HI/c1-10-7-6-8-11(14-10)9-13-12(15(2)3)16(4)5;/h6-8H,9H2,1-5H3;1H. The summed E-state index contributed by atoms with van der Waals surface area (Å²) in [5.41, 5.74) is 2.03. The molecule has 0 spiro atoms. The normalized spacial score (nSPS) is 9.24. The molecular weight excluding hydrogens is 327 g/mol. The first-order valence-corrected chi connectivity index (χ1v) is 5.32. The fourth-order valence-corrected chi connectivity index (χ4v) is 1.52. The van der Waals surface area contributed by atoms with Crippen LogP contribution in [0.15, 0.2) is 23.2 Å². The largest absolute Gasteiger partial charge is 0.349 e. The minimum Gasteiger partial charge on any atom is -0.349 e. The fourth-order valence-electron chi connectivity index (χ4n) is 1.52. The first-order valence-electron chi connectivity index (χ1n) is 5.32. The Morgan fingerprint density at radius 3 is 2.24 bits per heavy atom. The zero-order valence-corrected chi connectivity index (χ0v) is 13.5. The number of hydrogen-bond donors (Lipinski definition) is 0. The van der Waals surface area contributed by atoms with Gasteiger partial charge in [0.05, 0.1) is 12.2 Å². The third kappa shape index (κ3) is 5.34. The lowest BCUT2D eigenvalue weighted by Crippen LogP contribution is -2.35. The van der Waals surface area contributed by atoms with Crippen molar-refractivity contribution >= 4 is 29.9 Å². The van der Waals surface area contributed by atoms with E-state index >= 15 is 0 Å². The number of aryl methyl sites for hydroxylation is 1. The molecule has 0 aliphatic heterocycles. The fraction of sp³-hybridized carbons (Fsp3) is 0.500. The van der Waals surface area contributed by atoms with E-state index in [1.807, 2.05) is 63.1 Å². The summed E-state index contributed by atoms with van der Waals surface area (Å²) in [7, 11) is 7.95. The maximum atomic E-state index is 4.54. The van der Waals surface area contributed by atoms with Crippen molar-refractivity contribution in [3.63, 3.8) is 0 Å². The van der Waals surface area contributed by atoms with Gasteiger partial charge in [0.1, 0.15) is 0 Å². The van der Waals surface area contributed by atoms with E-state index < -0.39 is 0 Å². The number of aliphatic imine (C=N–C) groups is 1. The van der Waals surface area contributed by atoms with Gasteiger partial charge < -0.3 is 9.80 Å². The molecule has 96 valence electrons. The molecule has 0 aliphatic carbocycles. The van der Waals surface area contributed by atoms with Crippen LogP contribution < -0.4 is 0 Å². The van der Waals surface area contributed by atoms with Gasteiger partial charge in [-0.15, -0.1) is 24.0 Å². The summed E-state index contributed by atoms with van der Waals surface area (Å²) in [5.74, 6) is 0.948. The van der Waals surface area contributed by atoms with Crippen LogP contribution >= 0.6 is 24.0 Å². The van der Waals surface area contributed by atoms with Crippen molar-refractivity contribution in [2.45, 2.75) is 13.5 Å². The Morgan fingerprint density at radius 1 is 1.18 bits per heavy atom. The molecular formula is C12H21IN4. The summed E-state index contributed by atoms with van der Waals surface area (Å²) < 4.78 is 0. The number of halogens is 1. The minimum absolute atomic E-state index is 0. The molecule has 0 unspecified atom stereocenters. The maximum absolute atomic E-state index is 4.54. The topological polar surface area (TPSA) is 31.7 Å². The van der Waals surface area contributed by atoms with Gasteiger partial charge in [0, 0.05) is 33.9 Å². The highest BCUT2D eigenvalue weighted by Crippen LogP contribution is 2.01. The molecule has 0 amide bonds. The molecule has 0 bridgehead atoms. The predicted octanol–water partition coefficient (Wildman–Crippen LogP) is 1.99. The molecule has 1 rings (SSSR count). The molecule has 0 saturated carbocycles. The highest BCUT2D eigenvalue weighted by molar-refractivity contribution is 14.0. The molecule has 0 atom stereocenters. The van der Waals surface area contributed by atoms with E-state index in [2.05, 4.69) is 9.98 Å². The van der Waals surface area contributed by atoms with Crippen molar-refractivity contribution in [1.82, 2.24) is 14.8 Å². The monoisotopic (exact) mass is 348 g/mol. The quantitative estimate of drug-likeness (QED) is 0.465. The molecule has 4 nitrogen and oxygen atoms in total. The van der Waals surface area contributed by atoms with Gasteiger partial charge in [-0.1, -0.05) is 6.07 Å². The lowest BCUT2D eigenvalue weighted by Gasteiger charge is -2.22. The summed E-state index contributed by atoms with van der Waals surface area (Å²) in [6, 6.07) is 6.00. The van der Waals surface area contributed by atoms with E-state index in [4.69, 9.17) is 0 Å². The molecule has 0 N–H and O–H groups in total. The van der Waals surface area contributed by atoms with Crippen molar-refractivity contribution in [3.8, 4) is 0 Å². The highest BCUT2D eigenvalue weighted by Gasteiger charge is 2.03. The van der Waals surface area contributed by atoms with Gasteiger partial charge in [0.25, 0.3) is 0 Å². The lowest BCUT2D eigenvalue weighted by molar-refractivity contribution is 0.479. The summed E-state index contributed by atoms with van der Waals surface area (Å²) in [5, 5.41) is 0. The Balaban J connectivity index is 0.00000256. The maximum Gasteiger partial charge on any atom is 0.195 e. The molecule has 1 heterocycles. The van der Waals surface area contributed by atoms with E-state index in [1.54, 1.807) is 0 Å². The van der Waals surface area contributed by atoms with Crippen molar-refractivity contribution in [3.05, 3.63) is 29.6 Å². The van der Waals surface area contributed by atoms with Gasteiger partial charge in [0.2, 0.25) is 0 Å². The highest BCUT2D eigenvalue weighted by atomic mass is 127. The molecule has 0 saturated heterocycles. The average molecular weight is 348 g/mol. The van der Waals surface area contributed by atoms with E-state index in [0.717, 1.165) is 17.3 Å². The van der Waals surface area contributed by atoms with Gasteiger partial charge in [-0.05, 0) is 19.1 Å². The average Bonchev–Trinajstić information content (AvgIpc) is 2.16. The molecule has 1 aromatic rings. The van der Waals surface area contributed by atoms with E-state index in [-0.39, 0.29) is 24.0 Å². The second kappa shape index (κ2) is 7.47. The first kappa shape index (κ1) is 16.1. The second-order valence-electron chi connectivity index (χ2n) is 4.18. The summed E-state index contributed by atoms with van der Waals surface area (Å²) >= 11 is 0. The van der Waals surface area contributed by atoms with Gasteiger partial charge in [-0.25, -0.2) is 4.99 Å². The summed E-state index contributed by atoms with van der Waals surface area (Å²) in [6.45, 7) is 2.61. The van der Waals surface area contributed by atoms with Gasteiger partial charge in [-0.2, -0.15) is 0 Å². The van der Waals surface area contributed by atoms with Crippen molar-refractivity contribution in [2.75, 3.05) is 28.2 Å². The van der Waals surface area contributed by atoms with Crippen molar-refractivity contribution in [2.24, 2.45) is 4.99 Å². The summed E-state index contributed by atoms with van der Waals surface area (Å²) in [6.07, 6.45) is 0. The van der Waals surface area contributed by atoms with Crippen molar-refractivity contribution in [1.29, 1.82) is 0 Å². The molecule has 0 aromatic carbocycles. The zero-order valence-electron chi connectivity index (χ0n) is 11.1. The Morgan fingerprint density at radius 2 is 1.76 bits per heavy atom. The van der Waals surface area contributed by atoms with Gasteiger partial charge >= 0.3 is 0 Å². The van der Waals surface area contributed by atoms with E-state index in [9.17, 15) is 0 Å². The number of aromatic nitrogens is 1. The van der Waals surface area contributed by atoms with Crippen LogP contribution in [0, 0.1) is 6.92 Å². The second-order valence-corrected chi connectivity index (χ2v) is 4.18. The summed E-state index contributed by atoms with van der Waals surface area (Å²) in [4.78, 5) is 13.0. The Bertz CT molecular complexity index is 365.